The molecule has 0 spiro atoms. The van der Waals surface area contributed by atoms with E-state index in [-0.39, 0.29) is 0 Å². The molecule has 4 nitrogen and oxygen atoms in total. The van der Waals surface area contributed by atoms with Gasteiger partial charge in [0.2, 0.25) is 6.34 Å². The van der Waals surface area contributed by atoms with Gasteiger partial charge in [0.05, 0.1) is 13.1 Å². The van der Waals surface area contributed by atoms with Crippen molar-refractivity contribution >= 4 is 17.7 Å². The number of fused-ring (bicyclic) bond motifs is 1. The molecule has 0 aromatic heterocycles. The van der Waals surface area contributed by atoms with Crippen molar-refractivity contribution in [3.63, 3.8) is 0 Å². The lowest BCUT2D eigenvalue weighted by Gasteiger charge is -2.42. The fourth-order valence-electron chi connectivity index (χ4n) is 3.44. The first kappa shape index (κ1) is 13.6. The number of quaternary nitrogens is 1. The Kier molecular flexibility index (Phi) is 3.50. The molecule has 1 N–H and O–H groups in total. The number of nitrogens with zero attached hydrogens (tertiary/aromatic N) is 3. The van der Waals surface area contributed by atoms with Crippen LogP contribution in [0.3, 0.4) is 0 Å². The number of benzene rings is 2. The maximum absolute atomic E-state index is 4.71. The zero-order chi connectivity index (χ0) is 14.8. The standard InChI is InChI=1S/C18H21N4/c1-2-6-16(7-3-1)14-22(21-12-10-19-11-13-21)15-20-17-8-4-5-9-18(17)22/h1-9,15,19H,10-14H2/q+1. The molecule has 0 radical (unpaired) electrons. The first-order chi connectivity index (χ1) is 10.9. The Labute approximate surface area is 131 Å². The van der Waals surface area contributed by atoms with Crippen LogP contribution in [0.1, 0.15) is 5.56 Å². The lowest BCUT2D eigenvalue weighted by Crippen LogP contribution is -2.64. The van der Waals surface area contributed by atoms with Gasteiger partial charge < -0.3 is 5.32 Å². The van der Waals surface area contributed by atoms with Gasteiger partial charge >= 0.3 is 0 Å². The van der Waals surface area contributed by atoms with E-state index in [1.807, 2.05) is 0 Å². The quantitative estimate of drug-likeness (QED) is 0.881. The Morgan fingerprint density at radius 3 is 2.50 bits per heavy atom. The van der Waals surface area contributed by atoms with Crippen LogP contribution in [-0.2, 0) is 6.54 Å². The van der Waals surface area contributed by atoms with E-state index in [1.54, 1.807) is 0 Å². The summed E-state index contributed by atoms with van der Waals surface area (Å²) < 4.78 is 0.710. The van der Waals surface area contributed by atoms with Crippen molar-refractivity contribution in [2.45, 2.75) is 6.54 Å². The Morgan fingerprint density at radius 1 is 0.955 bits per heavy atom. The number of rotatable bonds is 3. The molecule has 112 valence electrons. The molecule has 4 heteroatoms. The van der Waals surface area contributed by atoms with Gasteiger partial charge in [-0.05, 0) is 6.07 Å². The first-order valence-corrected chi connectivity index (χ1v) is 7.91. The summed E-state index contributed by atoms with van der Waals surface area (Å²) in [5.41, 5.74) is 3.72. The van der Waals surface area contributed by atoms with Crippen LogP contribution < -0.4 is 9.91 Å². The molecule has 2 heterocycles. The van der Waals surface area contributed by atoms with Gasteiger partial charge in [-0.2, -0.15) is 9.58 Å². The van der Waals surface area contributed by atoms with E-state index in [0.717, 1.165) is 38.4 Å². The van der Waals surface area contributed by atoms with Gasteiger partial charge in [0.15, 0.2) is 5.69 Å². The van der Waals surface area contributed by atoms with Crippen molar-refractivity contribution in [3.8, 4) is 0 Å². The summed E-state index contributed by atoms with van der Waals surface area (Å²) in [7, 11) is 0. The van der Waals surface area contributed by atoms with E-state index in [9.17, 15) is 0 Å². The van der Waals surface area contributed by atoms with E-state index < -0.39 is 0 Å². The lowest BCUT2D eigenvalue weighted by atomic mass is 10.2. The number of nitrogens with one attached hydrogen (secondary N) is 1. The van der Waals surface area contributed by atoms with E-state index in [2.05, 4.69) is 71.3 Å². The Bertz CT molecular complexity index is 676. The van der Waals surface area contributed by atoms with Gasteiger partial charge in [-0.15, -0.1) is 5.01 Å². The topological polar surface area (TPSA) is 27.6 Å². The molecule has 2 aromatic carbocycles. The molecule has 1 fully saturated rings. The van der Waals surface area contributed by atoms with Crippen LogP contribution in [0.5, 0.6) is 0 Å². The average Bonchev–Trinajstić information content (AvgIpc) is 2.97. The Hall–Kier alpha value is -2.01. The van der Waals surface area contributed by atoms with Crippen LogP contribution in [0.25, 0.3) is 0 Å². The lowest BCUT2D eigenvalue weighted by molar-refractivity contribution is 0.0387. The van der Waals surface area contributed by atoms with Crippen LogP contribution in [0, 0.1) is 0 Å². The normalized spacial score (nSPS) is 24.4. The van der Waals surface area contributed by atoms with E-state index in [1.165, 1.54) is 11.3 Å². The van der Waals surface area contributed by atoms with Crippen LogP contribution in [0.15, 0.2) is 59.6 Å². The van der Waals surface area contributed by atoms with E-state index >= 15 is 0 Å². The van der Waals surface area contributed by atoms with Crippen LogP contribution >= 0.6 is 0 Å². The second-order valence-electron chi connectivity index (χ2n) is 5.91. The zero-order valence-corrected chi connectivity index (χ0v) is 12.7. The van der Waals surface area contributed by atoms with Gasteiger partial charge in [-0.3, -0.25) is 0 Å². The van der Waals surface area contributed by atoms with Crippen molar-refractivity contribution in [2.24, 2.45) is 4.99 Å². The summed E-state index contributed by atoms with van der Waals surface area (Å²) in [4.78, 5) is 4.71. The molecule has 0 saturated carbocycles. The predicted octanol–water partition coefficient (Wildman–Crippen LogP) is 2.69. The molecule has 2 aromatic rings. The molecule has 0 bridgehead atoms. The number of hydrogen-bond acceptors (Lipinski definition) is 3. The molecule has 4 rings (SSSR count). The highest BCUT2D eigenvalue weighted by molar-refractivity contribution is 5.88. The number of para-hydroxylation sites is 2. The van der Waals surface area contributed by atoms with Crippen LogP contribution in [-0.4, -0.2) is 37.5 Å². The van der Waals surface area contributed by atoms with Crippen LogP contribution in [0.4, 0.5) is 11.4 Å². The molecule has 2 aliphatic rings. The van der Waals surface area contributed by atoms with Gasteiger partial charge in [-0.25, -0.2) is 0 Å². The maximum Gasteiger partial charge on any atom is 0.216 e. The van der Waals surface area contributed by atoms with Gasteiger partial charge in [0, 0.05) is 24.7 Å². The highest BCUT2D eigenvalue weighted by atomic mass is 15.8. The fourth-order valence-corrected chi connectivity index (χ4v) is 3.44. The molecule has 1 saturated heterocycles. The molecule has 2 aliphatic heterocycles. The number of aliphatic imine (C=N–C) groups is 1. The molecular weight excluding hydrogens is 272 g/mol. The maximum atomic E-state index is 4.71. The summed E-state index contributed by atoms with van der Waals surface area (Å²) in [6.45, 7) is 5.05. The summed E-state index contributed by atoms with van der Waals surface area (Å²) in [6, 6.07) is 19.2. The smallest absolute Gasteiger partial charge is 0.216 e. The first-order valence-electron chi connectivity index (χ1n) is 7.91. The highest BCUT2D eigenvalue weighted by Crippen LogP contribution is 2.40. The average molecular weight is 293 g/mol. The van der Waals surface area contributed by atoms with Crippen LogP contribution in [0.2, 0.25) is 0 Å². The molecule has 1 atom stereocenters. The third-order valence-corrected chi connectivity index (χ3v) is 4.55. The highest BCUT2D eigenvalue weighted by Gasteiger charge is 2.43. The molecule has 22 heavy (non-hydrogen) atoms. The zero-order valence-electron chi connectivity index (χ0n) is 12.7. The van der Waals surface area contributed by atoms with Crippen molar-refractivity contribution in [3.05, 3.63) is 60.2 Å². The minimum Gasteiger partial charge on any atom is -0.314 e. The number of hydrogen-bond donors (Lipinski definition) is 1. The summed E-state index contributed by atoms with van der Waals surface area (Å²) in [5.74, 6) is 0. The van der Waals surface area contributed by atoms with Crippen molar-refractivity contribution in [2.75, 3.05) is 26.2 Å². The summed E-state index contributed by atoms with van der Waals surface area (Å²) in [5, 5.41) is 5.97. The van der Waals surface area contributed by atoms with Gasteiger partial charge in [0.25, 0.3) is 0 Å². The SMILES string of the molecule is C1=Nc2ccccc2[N+]1(Cc1ccccc1)N1CCNCC1. The second kappa shape index (κ2) is 5.65. The van der Waals surface area contributed by atoms with Gasteiger partial charge in [0.1, 0.15) is 12.2 Å². The van der Waals surface area contributed by atoms with Crippen molar-refractivity contribution in [1.82, 2.24) is 14.9 Å². The van der Waals surface area contributed by atoms with Crippen molar-refractivity contribution < 1.29 is 0 Å². The third kappa shape index (κ3) is 2.25. The largest absolute Gasteiger partial charge is 0.314 e. The molecular formula is C18H21N4+. The molecule has 1 unspecified atom stereocenters. The summed E-state index contributed by atoms with van der Waals surface area (Å²) in [6.07, 6.45) is 2.11. The fraction of sp³-hybridized carbons (Fsp3) is 0.278. The minimum atomic E-state index is 0.710. The summed E-state index contributed by atoms with van der Waals surface area (Å²) >= 11 is 0. The number of piperazine rings is 1. The third-order valence-electron chi connectivity index (χ3n) is 4.55. The molecule has 0 amide bonds. The monoisotopic (exact) mass is 293 g/mol. The Balaban J connectivity index is 1.77. The van der Waals surface area contributed by atoms with E-state index in [4.69, 9.17) is 4.99 Å². The minimum absolute atomic E-state index is 0.710. The van der Waals surface area contributed by atoms with Gasteiger partial charge in [-0.1, -0.05) is 42.5 Å². The second-order valence-corrected chi connectivity index (χ2v) is 5.91. The predicted molar refractivity (Wildman–Crippen MR) is 91.0 cm³/mol. The van der Waals surface area contributed by atoms with E-state index in [0.29, 0.717) is 4.59 Å². The molecule has 0 aliphatic carbocycles. The van der Waals surface area contributed by atoms with Crippen molar-refractivity contribution in [1.29, 1.82) is 0 Å². The Morgan fingerprint density at radius 2 is 1.68 bits per heavy atom.